The third-order valence-electron chi connectivity index (χ3n) is 4.87. The molecule has 0 saturated carbocycles. The molecule has 0 fully saturated rings. The molecule has 0 heterocycles. The lowest BCUT2D eigenvalue weighted by atomic mass is 9.82. The van der Waals surface area contributed by atoms with E-state index in [0.717, 1.165) is 25.7 Å². The van der Waals surface area contributed by atoms with E-state index in [2.05, 4.69) is 41.0 Å². The Hall–Kier alpha value is 0.620. The molecule has 30 heavy (non-hydrogen) atoms. The number of ether oxygens (including phenoxy) is 5. The Morgan fingerprint density at radius 2 is 0.967 bits per heavy atom. The second kappa shape index (κ2) is 17.1. The molecule has 2 unspecified atom stereocenters. The summed E-state index contributed by atoms with van der Waals surface area (Å²) in [6, 6.07) is 0. The number of hydrogen-bond acceptors (Lipinski definition) is 6. The summed E-state index contributed by atoms with van der Waals surface area (Å²) in [6.07, 6.45) is 4.87. The lowest BCUT2D eigenvalue weighted by Crippen LogP contribution is -2.80. The topological polar surface area (TPSA) is 72.2 Å². The summed E-state index contributed by atoms with van der Waals surface area (Å²) in [5, 5.41) is 0. The summed E-state index contributed by atoms with van der Waals surface area (Å²) >= 11 is 0. The van der Waals surface area contributed by atoms with Gasteiger partial charge in [0.05, 0.1) is 6.61 Å². The lowest BCUT2D eigenvalue weighted by molar-refractivity contribution is -0.356. The molecule has 182 valence electrons. The highest BCUT2D eigenvalue weighted by atomic mass is 31.1. The summed E-state index contributed by atoms with van der Waals surface area (Å²) in [4.78, 5) is 0. The van der Waals surface area contributed by atoms with Crippen LogP contribution < -0.4 is 5.73 Å². The van der Waals surface area contributed by atoms with Crippen LogP contribution >= 0.6 is 17.2 Å². The van der Waals surface area contributed by atoms with Gasteiger partial charge in [-0.1, -0.05) is 27.7 Å². The zero-order chi connectivity index (χ0) is 22.9. The molecule has 0 saturated heterocycles. The quantitative estimate of drug-likeness (QED) is 0.198. The van der Waals surface area contributed by atoms with Gasteiger partial charge >= 0.3 is 0 Å². The van der Waals surface area contributed by atoms with Crippen molar-refractivity contribution in [2.75, 3.05) is 65.3 Å². The molecule has 6 nitrogen and oxygen atoms in total. The summed E-state index contributed by atoms with van der Waals surface area (Å²) in [5.74, 6) is -2.08. The van der Waals surface area contributed by atoms with Crippen LogP contribution in [0.1, 0.15) is 60.3 Å². The molecule has 0 bridgehead atoms. The fourth-order valence-electron chi connectivity index (χ4n) is 3.42. The first-order valence-electron chi connectivity index (χ1n) is 11.6. The maximum atomic E-state index is 7.36. The molecule has 8 heteroatoms. The monoisotopic (exact) mass is 469 g/mol. The molecule has 0 rings (SSSR count). The molecule has 0 aromatic rings. The van der Waals surface area contributed by atoms with Crippen LogP contribution in [0.15, 0.2) is 0 Å². The highest BCUT2D eigenvalue weighted by molar-refractivity contribution is 7.37. The van der Waals surface area contributed by atoms with E-state index >= 15 is 0 Å². The predicted molar refractivity (Wildman–Crippen MR) is 132 cm³/mol. The van der Waals surface area contributed by atoms with E-state index in [1.807, 2.05) is 6.92 Å². The van der Waals surface area contributed by atoms with Gasteiger partial charge in [0.25, 0.3) is 0 Å². The van der Waals surface area contributed by atoms with Crippen molar-refractivity contribution in [3.8, 4) is 0 Å². The van der Waals surface area contributed by atoms with Crippen molar-refractivity contribution in [2.24, 2.45) is 5.73 Å². The van der Waals surface area contributed by atoms with Gasteiger partial charge in [-0.25, -0.2) is 0 Å². The van der Waals surface area contributed by atoms with Crippen molar-refractivity contribution in [2.45, 2.75) is 77.4 Å². The van der Waals surface area contributed by atoms with E-state index in [0.29, 0.717) is 62.5 Å². The average Bonchev–Trinajstić information content (AvgIpc) is 2.75. The smallest absolute Gasteiger partial charge is 0.197 e. The number of nitrogens with two attached hydrogens (primary N) is 1. The fourth-order valence-corrected chi connectivity index (χ4v) is 5.39. The molecule has 0 aliphatic carbocycles. The SMILES string of the molecule is CCCOC(CPC)(OCCC)C(N)(COCC)C(CPC)(OCCC)OCCC. The Bertz CT molecular complexity index is 369. The maximum absolute atomic E-state index is 7.36. The third kappa shape index (κ3) is 8.19. The van der Waals surface area contributed by atoms with Gasteiger partial charge in [-0.3, -0.25) is 0 Å². The van der Waals surface area contributed by atoms with Gasteiger partial charge in [0.1, 0.15) is 5.54 Å². The average molecular weight is 470 g/mol. The minimum Gasteiger partial charge on any atom is -0.379 e. The van der Waals surface area contributed by atoms with Gasteiger partial charge in [-0.05, 0) is 45.9 Å². The Kier molecular flexibility index (Phi) is 17.5. The van der Waals surface area contributed by atoms with Crippen molar-refractivity contribution in [3.63, 3.8) is 0 Å². The molecular weight excluding hydrogens is 420 g/mol. The molecule has 0 aromatic carbocycles. The van der Waals surface area contributed by atoms with E-state index in [4.69, 9.17) is 29.4 Å². The van der Waals surface area contributed by atoms with Crippen LogP contribution in [-0.4, -0.2) is 82.4 Å². The third-order valence-corrected chi connectivity index (χ3v) is 6.51. The van der Waals surface area contributed by atoms with E-state index in [9.17, 15) is 0 Å². The second-order valence-electron chi connectivity index (χ2n) is 7.57. The van der Waals surface area contributed by atoms with Crippen LogP contribution in [-0.2, 0) is 23.7 Å². The van der Waals surface area contributed by atoms with Gasteiger partial charge in [0.2, 0.25) is 0 Å². The predicted octanol–water partition coefficient (Wildman–Crippen LogP) is 4.44. The van der Waals surface area contributed by atoms with E-state index < -0.39 is 17.1 Å². The second-order valence-corrected chi connectivity index (χ2v) is 9.69. The fraction of sp³-hybridized carbons (Fsp3) is 1.00. The minimum atomic E-state index is -1.11. The zero-order valence-electron chi connectivity index (χ0n) is 20.6. The van der Waals surface area contributed by atoms with Crippen molar-refractivity contribution in [1.82, 2.24) is 0 Å². The Labute approximate surface area is 189 Å². The Morgan fingerprint density at radius 1 is 0.633 bits per heavy atom. The molecule has 0 spiro atoms. The summed E-state index contributed by atoms with van der Waals surface area (Å²) in [5.41, 5.74) is 6.25. The molecule has 0 aliphatic heterocycles. The van der Waals surface area contributed by atoms with Crippen LogP contribution in [0.25, 0.3) is 0 Å². The Balaban J connectivity index is 6.67. The van der Waals surface area contributed by atoms with Crippen LogP contribution in [0.2, 0.25) is 0 Å². The molecule has 0 radical (unpaired) electrons. The minimum absolute atomic E-state index is 0.249. The molecule has 0 aliphatic rings. The lowest BCUT2D eigenvalue weighted by Gasteiger charge is -2.56. The first kappa shape index (κ1) is 30.6. The van der Waals surface area contributed by atoms with Gasteiger partial charge in [0.15, 0.2) is 11.6 Å². The van der Waals surface area contributed by atoms with Gasteiger partial charge in [0, 0.05) is 45.4 Å². The molecule has 0 amide bonds. The summed E-state index contributed by atoms with van der Waals surface area (Å²) < 4.78 is 32.1. The number of hydrogen-bond donors (Lipinski definition) is 1. The molecule has 2 atom stereocenters. The van der Waals surface area contributed by atoms with Crippen LogP contribution in [0, 0.1) is 0 Å². The first-order valence-corrected chi connectivity index (χ1v) is 15.1. The van der Waals surface area contributed by atoms with Crippen molar-refractivity contribution in [1.29, 1.82) is 0 Å². The first-order chi connectivity index (χ1) is 14.4. The van der Waals surface area contributed by atoms with Crippen molar-refractivity contribution >= 4 is 17.2 Å². The zero-order valence-corrected chi connectivity index (χ0v) is 22.6. The van der Waals surface area contributed by atoms with E-state index in [1.165, 1.54) is 0 Å². The van der Waals surface area contributed by atoms with Crippen LogP contribution in [0.3, 0.4) is 0 Å². The molecule has 2 N–H and O–H groups in total. The van der Waals surface area contributed by atoms with E-state index in [-0.39, 0.29) is 6.61 Å². The normalized spacial score (nSPS) is 15.6. The standard InChI is InChI=1S/C22H49NO5P2/c1-8-13-25-21(18-29-6,26-14-9-2)20(23,17-24-12-5)22(19-30-7,27-15-10-3)28-16-11-4/h29-30H,8-19,23H2,1-7H3. The van der Waals surface area contributed by atoms with Gasteiger partial charge in [-0.2, -0.15) is 0 Å². The molecule has 0 aromatic heterocycles. The summed E-state index contributed by atoms with van der Waals surface area (Å²) in [7, 11) is 1.20. The van der Waals surface area contributed by atoms with Gasteiger partial charge < -0.3 is 29.4 Å². The van der Waals surface area contributed by atoms with E-state index in [1.54, 1.807) is 0 Å². The summed E-state index contributed by atoms with van der Waals surface area (Å²) in [6.45, 7) is 17.7. The van der Waals surface area contributed by atoms with Crippen molar-refractivity contribution in [3.05, 3.63) is 0 Å². The largest absolute Gasteiger partial charge is 0.379 e. The highest BCUT2D eigenvalue weighted by Gasteiger charge is 2.65. The molecular formula is C22H49NO5P2. The van der Waals surface area contributed by atoms with Crippen LogP contribution in [0.4, 0.5) is 0 Å². The Morgan fingerprint density at radius 3 is 1.20 bits per heavy atom. The van der Waals surface area contributed by atoms with Crippen molar-refractivity contribution < 1.29 is 23.7 Å². The van der Waals surface area contributed by atoms with Crippen LogP contribution in [0.5, 0.6) is 0 Å². The maximum Gasteiger partial charge on any atom is 0.197 e. The number of rotatable bonds is 21. The van der Waals surface area contributed by atoms with Gasteiger partial charge in [-0.15, -0.1) is 17.2 Å². The highest BCUT2D eigenvalue weighted by Crippen LogP contribution is 2.44.